The van der Waals surface area contributed by atoms with E-state index in [-0.39, 0.29) is 5.41 Å². The van der Waals surface area contributed by atoms with Crippen LogP contribution in [0.3, 0.4) is 0 Å². The highest BCUT2D eigenvalue weighted by Gasteiger charge is 2.19. The van der Waals surface area contributed by atoms with Crippen LogP contribution in [-0.2, 0) is 0 Å². The molecule has 0 saturated carbocycles. The van der Waals surface area contributed by atoms with Crippen molar-refractivity contribution in [1.29, 1.82) is 0 Å². The van der Waals surface area contributed by atoms with Crippen molar-refractivity contribution in [2.75, 3.05) is 25.0 Å². The van der Waals surface area contributed by atoms with Crippen LogP contribution in [0.2, 0.25) is 0 Å². The number of hydrogen-bond donors (Lipinski definition) is 1. The standard InChI is InChI=1S/C11H20N4/c1-9-5-6-13-10(14-9)15(4)8-11(2,3)7-12/h5-6H,7-8,12H2,1-4H3. The fourth-order valence-electron chi connectivity index (χ4n) is 1.40. The van der Waals surface area contributed by atoms with Crippen LogP contribution in [0.1, 0.15) is 19.5 Å². The summed E-state index contributed by atoms with van der Waals surface area (Å²) < 4.78 is 0. The number of aromatic nitrogens is 2. The molecule has 0 atom stereocenters. The van der Waals surface area contributed by atoms with E-state index in [9.17, 15) is 0 Å². The van der Waals surface area contributed by atoms with E-state index in [0.717, 1.165) is 18.2 Å². The molecule has 4 nitrogen and oxygen atoms in total. The fraction of sp³-hybridized carbons (Fsp3) is 0.636. The maximum Gasteiger partial charge on any atom is 0.225 e. The maximum atomic E-state index is 5.70. The number of anilines is 1. The SMILES string of the molecule is Cc1ccnc(N(C)CC(C)(C)CN)n1. The van der Waals surface area contributed by atoms with Gasteiger partial charge >= 0.3 is 0 Å². The normalized spacial score (nSPS) is 11.5. The lowest BCUT2D eigenvalue weighted by Crippen LogP contribution is -2.37. The van der Waals surface area contributed by atoms with Crippen LogP contribution in [0.5, 0.6) is 0 Å². The second-order valence-electron chi connectivity index (χ2n) is 4.72. The molecule has 0 unspecified atom stereocenters. The van der Waals surface area contributed by atoms with Crippen molar-refractivity contribution in [2.24, 2.45) is 11.1 Å². The summed E-state index contributed by atoms with van der Waals surface area (Å²) in [6.45, 7) is 7.75. The molecule has 0 spiro atoms. The Morgan fingerprint density at radius 3 is 2.67 bits per heavy atom. The van der Waals surface area contributed by atoms with E-state index >= 15 is 0 Å². The molecule has 1 rings (SSSR count). The van der Waals surface area contributed by atoms with Gasteiger partial charge in [0.15, 0.2) is 0 Å². The maximum absolute atomic E-state index is 5.70. The zero-order valence-corrected chi connectivity index (χ0v) is 9.99. The van der Waals surface area contributed by atoms with Gasteiger partial charge in [-0.1, -0.05) is 13.8 Å². The lowest BCUT2D eigenvalue weighted by atomic mass is 9.93. The fourth-order valence-corrected chi connectivity index (χ4v) is 1.40. The van der Waals surface area contributed by atoms with E-state index in [1.807, 2.05) is 24.9 Å². The Labute approximate surface area is 91.5 Å². The average molecular weight is 208 g/mol. The molecule has 1 aromatic heterocycles. The summed E-state index contributed by atoms with van der Waals surface area (Å²) in [7, 11) is 1.99. The first-order valence-corrected chi connectivity index (χ1v) is 5.15. The number of nitrogens with two attached hydrogens (primary N) is 1. The second-order valence-corrected chi connectivity index (χ2v) is 4.72. The Morgan fingerprint density at radius 1 is 1.47 bits per heavy atom. The lowest BCUT2D eigenvalue weighted by molar-refractivity contribution is 0.383. The van der Waals surface area contributed by atoms with E-state index in [4.69, 9.17) is 5.73 Å². The van der Waals surface area contributed by atoms with Crippen LogP contribution in [-0.4, -0.2) is 30.1 Å². The molecule has 0 aromatic carbocycles. The summed E-state index contributed by atoms with van der Waals surface area (Å²) in [6.07, 6.45) is 1.78. The van der Waals surface area contributed by atoms with Crippen molar-refractivity contribution in [3.05, 3.63) is 18.0 Å². The van der Waals surface area contributed by atoms with Crippen molar-refractivity contribution in [3.63, 3.8) is 0 Å². The quantitative estimate of drug-likeness (QED) is 0.808. The summed E-state index contributed by atoms with van der Waals surface area (Å²) in [4.78, 5) is 10.6. The Bertz CT molecular complexity index is 322. The zero-order valence-electron chi connectivity index (χ0n) is 9.99. The summed E-state index contributed by atoms with van der Waals surface area (Å²) in [5, 5.41) is 0. The molecule has 1 heterocycles. The minimum Gasteiger partial charge on any atom is -0.343 e. The van der Waals surface area contributed by atoms with E-state index < -0.39 is 0 Å². The average Bonchev–Trinajstić information content (AvgIpc) is 2.17. The Morgan fingerprint density at radius 2 is 2.13 bits per heavy atom. The van der Waals surface area contributed by atoms with Crippen molar-refractivity contribution >= 4 is 5.95 Å². The van der Waals surface area contributed by atoms with Gasteiger partial charge in [-0.05, 0) is 24.9 Å². The van der Waals surface area contributed by atoms with Gasteiger partial charge in [-0.15, -0.1) is 0 Å². The minimum atomic E-state index is 0.0852. The molecule has 0 radical (unpaired) electrons. The first kappa shape index (κ1) is 11.9. The topological polar surface area (TPSA) is 55.0 Å². The molecule has 4 heteroatoms. The Kier molecular flexibility index (Phi) is 3.63. The largest absolute Gasteiger partial charge is 0.343 e. The van der Waals surface area contributed by atoms with Crippen LogP contribution < -0.4 is 10.6 Å². The molecule has 0 aliphatic rings. The number of nitrogens with zero attached hydrogens (tertiary/aromatic N) is 3. The lowest BCUT2D eigenvalue weighted by Gasteiger charge is -2.28. The van der Waals surface area contributed by atoms with Gasteiger partial charge in [0, 0.05) is 25.5 Å². The van der Waals surface area contributed by atoms with Gasteiger partial charge in [0.05, 0.1) is 0 Å². The number of rotatable bonds is 4. The smallest absolute Gasteiger partial charge is 0.225 e. The third-order valence-corrected chi connectivity index (χ3v) is 2.34. The molecule has 2 N–H and O–H groups in total. The van der Waals surface area contributed by atoms with Gasteiger partial charge < -0.3 is 10.6 Å². The minimum absolute atomic E-state index is 0.0852. The highest BCUT2D eigenvalue weighted by atomic mass is 15.2. The molecule has 1 aromatic rings. The first-order valence-electron chi connectivity index (χ1n) is 5.15. The van der Waals surface area contributed by atoms with Crippen molar-refractivity contribution in [2.45, 2.75) is 20.8 Å². The van der Waals surface area contributed by atoms with Crippen LogP contribution in [0, 0.1) is 12.3 Å². The summed E-state index contributed by atoms with van der Waals surface area (Å²) >= 11 is 0. The molecule has 0 bridgehead atoms. The molecule has 0 aliphatic carbocycles. The predicted molar refractivity (Wildman–Crippen MR) is 62.9 cm³/mol. The Balaban J connectivity index is 2.73. The summed E-state index contributed by atoms with van der Waals surface area (Å²) in [5.41, 5.74) is 6.76. The summed E-state index contributed by atoms with van der Waals surface area (Å²) in [5.74, 6) is 0.761. The number of aryl methyl sites for hydroxylation is 1. The molecule has 0 aliphatic heterocycles. The third-order valence-electron chi connectivity index (χ3n) is 2.34. The van der Waals surface area contributed by atoms with E-state index in [2.05, 4.69) is 23.8 Å². The van der Waals surface area contributed by atoms with Crippen LogP contribution >= 0.6 is 0 Å². The first-order chi connectivity index (χ1) is 6.94. The highest BCUT2D eigenvalue weighted by Crippen LogP contribution is 2.16. The molecule has 0 saturated heterocycles. The Hall–Kier alpha value is -1.16. The van der Waals surface area contributed by atoms with Crippen LogP contribution in [0.4, 0.5) is 5.95 Å². The third kappa shape index (κ3) is 3.47. The van der Waals surface area contributed by atoms with Crippen molar-refractivity contribution in [3.8, 4) is 0 Å². The van der Waals surface area contributed by atoms with Gasteiger partial charge in [0.2, 0.25) is 5.95 Å². The zero-order chi connectivity index (χ0) is 11.5. The van der Waals surface area contributed by atoms with Crippen molar-refractivity contribution in [1.82, 2.24) is 9.97 Å². The molecular formula is C11H20N4. The molecule has 84 valence electrons. The van der Waals surface area contributed by atoms with Crippen LogP contribution in [0.25, 0.3) is 0 Å². The molecular weight excluding hydrogens is 188 g/mol. The van der Waals surface area contributed by atoms with E-state index in [1.54, 1.807) is 6.20 Å². The molecule has 15 heavy (non-hydrogen) atoms. The van der Waals surface area contributed by atoms with E-state index in [1.165, 1.54) is 0 Å². The monoisotopic (exact) mass is 208 g/mol. The van der Waals surface area contributed by atoms with Gasteiger partial charge in [0.1, 0.15) is 0 Å². The molecule has 0 amide bonds. The molecule has 0 fully saturated rings. The van der Waals surface area contributed by atoms with E-state index in [0.29, 0.717) is 6.54 Å². The van der Waals surface area contributed by atoms with Gasteiger partial charge in [0.25, 0.3) is 0 Å². The van der Waals surface area contributed by atoms with Gasteiger partial charge in [-0.3, -0.25) is 0 Å². The van der Waals surface area contributed by atoms with Gasteiger partial charge in [-0.25, -0.2) is 9.97 Å². The summed E-state index contributed by atoms with van der Waals surface area (Å²) in [6, 6.07) is 1.89. The number of hydrogen-bond acceptors (Lipinski definition) is 4. The second kappa shape index (κ2) is 4.57. The van der Waals surface area contributed by atoms with Crippen molar-refractivity contribution < 1.29 is 0 Å². The predicted octanol–water partition coefficient (Wildman–Crippen LogP) is 1.21. The van der Waals surface area contributed by atoms with Gasteiger partial charge in [-0.2, -0.15) is 0 Å². The van der Waals surface area contributed by atoms with Crippen LogP contribution in [0.15, 0.2) is 12.3 Å². The highest BCUT2D eigenvalue weighted by molar-refractivity contribution is 5.28.